The molecule has 13 heteroatoms. The predicted octanol–water partition coefficient (Wildman–Crippen LogP) is 2.04. The molecule has 0 fully saturated rings. The van der Waals surface area contributed by atoms with Gasteiger partial charge in [-0.25, -0.2) is 9.59 Å². The van der Waals surface area contributed by atoms with Crippen LogP contribution in [0.25, 0.3) is 0 Å². The second-order valence-electron chi connectivity index (χ2n) is 10.2. The Hall–Kier alpha value is -3.48. The van der Waals surface area contributed by atoms with Gasteiger partial charge in [0.05, 0.1) is 0 Å². The molecular formula is C26H42N6O6S. The second kappa shape index (κ2) is 16.5. The van der Waals surface area contributed by atoms with E-state index < -0.39 is 36.0 Å². The third-order valence-electron chi connectivity index (χ3n) is 5.51. The molecule has 0 radical (unpaired) electrons. The number of carbonyl (C=O) groups excluding carboxylic acids is 5. The highest BCUT2D eigenvalue weighted by molar-refractivity contribution is 7.81. The lowest BCUT2D eigenvalue weighted by Crippen LogP contribution is -2.54. The van der Waals surface area contributed by atoms with E-state index in [1.807, 2.05) is 13.8 Å². The van der Waals surface area contributed by atoms with E-state index in [2.05, 4.69) is 39.2 Å². The van der Waals surface area contributed by atoms with E-state index in [4.69, 9.17) is 10.5 Å². The summed E-state index contributed by atoms with van der Waals surface area (Å²) in [6.07, 6.45) is 0.744. The summed E-state index contributed by atoms with van der Waals surface area (Å²) in [5.41, 5.74) is 6.28. The maximum atomic E-state index is 13.1. The average Bonchev–Trinajstić information content (AvgIpc) is 2.82. The minimum absolute atomic E-state index is 0.0512. The molecule has 6 amide bonds. The van der Waals surface area contributed by atoms with Crippen LogP contribution in [-0.4, -0.2) is 59.8 Å². The lowest BCUT2D eigenvalue weighted by atomic mass is 10.0. The molecule has 0 bridgehead atoms. The van der Waals surface area contributed by atoms with Crippen molar-refractivity contribution in [3.63, 3.8) is 0 Å². The molecule has 0 aliphatic rings. The van der Waals surface area contributed by atoms with Gasteiger partial charge in [0.15, 0.2) is 0 Å². The number of alkyl carbamates (subject to hydrolysis) is 1. The SMILES string of the molecule is CC(=O)N[C@H](C(=O)N[C@@H](CCCNC(N)=O)C(=O)Nc1ccc(COC(=O)NCCC(C)(C)S)cc1)C(C)C. The summed E-state index contributed by atoms with van der Waals surface area (Å²) < 4.78 is 5.01. The Morgan fingerprint density at radius 1 is 0.974 bits per heavy atom. The Balaban J connectivity index is 2.76. The monoisotopic (exact) mass is 566 g/mol. The summed E-state index contributed by atoms with van der Waals surface area (Å²) in [7, 11) is 0. The number of ether oxygens (including phenoxy) is 1. The standard InChI is InChI=1S/C26H42N6O6S/c1-16(2)21(30-17(3)33)23(35)32-20(7-6-13-28-24(27)36)22(34)31-19-10-8-18(9-11-19)15-38-25(37)29-14-12-26(4,5)39/h8-11,16,20-21,39H,6-7,12-15H2,1-5H3,(H,29,37)(H,30,33)(H,31,34)(H,32,35)(H3,27,28,36)/t20-,21-/m0/s1. The first-order chi connectivity index (χ1) is 18.2. The number of thiol groups is 1. The van der Waals surface area contributed by atoms with Crippen molar-refractivity contribution in [1.82, 2.24) is 21.3 Å². The highest BCUT2D eigenvalue weighted by Gasteiger charge is 2.28. The van der Waals surface area contributed by atoms with E-state index in [1.54, 1.807) is 38.1 Å². The van der Waals surface area contributed by atoms with Crippen molar-refractivity contribution in [3.05, 3.63) is 29.8 Å². The van der Waals surface area contributed by atoms with Crippen molar-refractivity contribution in [2.24, 2.45) is 11.7 Å². The summed E-state index contributed by atoms with van der Waals surface area (Å²) in [6, 6.07) is 4.28. The maximum Gasteiger partial charge on any atom is 0.407 e. The summed E-state index contributed by atoms with van der Waals surface area (Å²) in [5.74, 6) is -1.53. The summed E-state index contributed by atoms with van der Waals surface area (Å²) >= 11 is 4.41. The van der Waals surface area contributed by atoms with Crippen LogP contribution in [-0.2, 0) is 25.7 Å². The van der Waals surface area contributed by atoms with Gasteiger partial charge in [0.1, 0.15) is 18.7 Å². The number of carbonyl (C=O) groups is 5. The number of anilines is 1. The number of amides is 6. The van der Waals surface area contributed by atoms with Crippen molar-refractivity contribution < 1.29 is 28.7 Å². The third-order valence-corrected chi connectivity index (χ3v) is 5.73. The first-order valence-electron chi connectivity index (χ1n) is 12.8. The van der Waals surface area contributed by atoms with Gasteiger partial charge in [-0.3, -0.25) is 14.4 Å². The molecule has 39 heavy (non-hydrogen) atoms. The molecule has 218 valence electrons. The highest BCUT2D eigenvalue weighted by atomic mass is 32.1. The normalized spacial score (nSPS) is 12.6. The Bertz CT molecular complexity index is 980. The van der Waals surface area contributed by atoms with Gasteiger partial charge in [-0.1, -0.05) is 39.8 Å². The molecule has 2 atom stereocenters. The molecule has 0 spiro atoms. The minimum Gasteiger partial charge on any atom is -0.445 e. The predicted molar refractivity (Wildman–Crippen MR) is 152 cm³/mol. The van der Waals surface area contributed by atoms with Crippen LogP contribution in [0.4, 0.5) is 15.3 Å². The van der Waals surface area contributed by atoms with Crippen LogP contribution in [0.2, 0.25) is 0 Å². The zero-order valence-corrected chi connectivity index (χ0v) is 24.2. The molecule has 0 aliphatic heterocycles. The van der Waals surface area contributed by atoms with Gasteiger partial charge in [0, 0.05) is 30.4 Å². The van der Waals surface area contributed by atoms with Gasteiger partial charge in [-0.05, 0) is 42.9 Å². The molecule has 1 aromatic carbocycles. The smallest absolute Gasteiger partial charge is 0.407 e. The van der Waals surface area contributed by atoms with Crippen LogP contribution in [0.5, 0.6) is 0 Å². The second-order valence-corrected chi connectivity index (χ2v) is 11.4. The Kier molecular flexibility index (Phi) is 14.2. The molecule has 7 N–H and O–H groups in total. The molecule has 1 aromatic rings. The molecule has 12 nitrogen and oxygen atoms in total. The molecule has 0 saturated heterocycles. The molecule has 0 heterocycles. The van der Waals surface area contributed by atoms with E-state index in [0.29, 0.717) is 25.1 Å². The number of hydrogen-bond acceptors (Lipinski definition) is 7. The van der Waals surface area contributed by atoms with Crippen LogP contribution in [0.1, 0.15) is 59.4 Å². The number of primary amides is 1. The number of benzene rings is 1. The van der Waals surface area contributed by atoms with Crippen LogP contribution in [0.3, 0.4) is 0 Å². The fourth-order valence-corrected chi connectivity index (χ4v) is 3.50. The number of nitrogens with two attached hydrogens (primary N) is 1. The molecule has 0 aliphatic carbocycles. The van der Waals surface area contributed by atoms with E-state index in [1.165, 1.54) is 6.92 Å². The van der Waals surface area contributed by atoms with Crippen molar-refractivity contribution in [2.75, 3.05) is 18.4 Å². The first-order valence-corrected chi connectivity index (χ1v) is 13.3. The van der Waals surface area contributed by atoms with Gasteiger partial charge in [0.2, 0.25) is 17.7 Å². The highest BCUT2D eigenvalue weighted by Crippen LogP contribution is 2.16. The van der Waals surface area contributed by atoms with Crippen molar-refractivity contribution in [1.29, 1.82) is 0 Å². The van der Waals surface area contributed by atoms with Crippen LogP contribution in [0, 0.1) is 5.92 Å². The van der Waals surface area contributed by atoms with Gasteiger partial charge in [0.25, 0.3) is 0 Å². The first kappa shape index (κ1) is 33.5. The number of hydrogen-bond donors (Lipinski definition) is 7. The Labute approximate surface area is 235 Å². The zero-order valence-electron chi connectivity index (χ0n) is 23.3. The van der Waals surface area contributed by atoms with Crippen molar-refractivity contribution >= 4 is 48.2 Å². The van der Waals surface area contributed by atoms with Crippen molar-refractivity contribution in [3.8, 4) is 0 Å². The van der Waals surface area contributed by atoms with E-state index in [0.717, 1.165) is 5.56 Å². The average molecular weight is 567 g/mol. The van der Waals surface area contributed by atoms with Crippen LogP contribution >= 0.6 is 12.6 Å². The quantitative estimate of drug-likeness (QED) is 0.126. The summed E-state index contributed by atoms with van der Waals surface area (Å²) in [5, 5.41) is 13.2. The Morgan fingerprint density at radius 3 is 2.15 bits per heavy atom. The van der Waals surface area contributed by atoms with Gasteiger partial charge in [-0.15, -0.1) is 0 Å². The van der Waals surface area contributed by atoms with Crippen LogP contribution < -0.4 is 32.3 Å². The Morgan fingerprint density at radius 2 is 1.62 bits per heavy atom. The lowest BCUT2D eigenvalue weighted by Gasteiger charge is -2.25. The largest absolute Gasteiger partial charge is 0.445 e. The third kappa shape index (κ3) is 14.9. The van der Waals surface area contributed by atoms with Gasteiger partial charge < -0.3 is 37.1 Å². The van der Waals surface area contributed by atoms with Crippen LogP contribution in [0.15, 0.2) is 24.3 Å². The fraction of sp³-hybridized carbons (Fsp3) is 0.577. The number of nitrogens with one attached hydrogen (secondary N) is 5. The van der Waals surface area contributed by atoms with E-state index in [9.17, 15) is 24.0 Å². The maximum absolute atomic E-state index is 13.1. The van der Waals surface area contributed by atoms with Crippen molar-refractivity contribution in [2.45, 2.75) is 77.3 Å². The minimum atomic E-state index is -0.934. The molecule has 0 unspecified atom stereocenters. The number of urea groups is 1. The molecule has 0 saturated carbocycles. The van der Waals surface area contributed by atoms with Gasteiger partial charge in [-0.2, -0.15) is 12.6 Å². The molecule has 1 rings (SSSR count). The summed E-state index contributed by atoms with van der Waals surface area (Å²) in [4.78, 5) is 60.3. The topological polar surface area (TPSA) is 181 Å². The zero-order chi connectivity index (χ0) is 29.6. The van der Waals surface area contributed by atoms with Gasteiger partial charge >= 0.3 is 12.1 Å². The number of rotatable bonds is 15. The lowest BCUT2D eigenvalue weighted by molar-refractivity contribution is -0.131. The van der Waals surface area contributed by atoms with E-state index in [-0.39, 0.29) is 36.1 Å². The van der Waals surface area contributed by atoms with E-state index >= 15 is 0 Å². The molecular weight excluding hydrogens is 524 g/mol. The molecule has 0 aromatic heterocycles. The fourth-order valence-electron chi connectivity index (χ4n) is 3.39. The summed E-state index contributed by atoms with van der Waals surface area (Å²) in [6.45, 7) is 9.50.